The highest BCUT2D eigenvalue weighted by Gasteiger charge is 2.23. The number of rotatable bonds is 4. The van der Waals surface area contributed by atoms with Crippen LogP contribution in [0.2, 0.25) is 0 Å². The largest absolute Gasteiger partial charge is 0.492 e. The van der Waals surface area contributed by atoms with Gasteiger partial charge in [0.2, 0.25) is 0 Å². The van der Waals surface area contributed by atoms with Gasteiger partial charge in [-0.2, -0.15) is 0 Å². The summed E-state index contributed by atoms with van der Waals surface area (Å²) in [5, 5.41) is 3.36. The first kappa shape index (κ1) is 15.1. The van der Waals surface area contributed by atoms with Gasteiger partial charge in [-0.15, -0.1) is 0 Å². The van der Waals surface area contributed by atoms with Crippen molar-refractivity contribution < 1.29 is 14.2 Å². The molecule has 116 valence electrons. The smallest absolute Gasteiger partial charge is 0.174 e. The number of hydrogen-bond donors (Lipinski definition) is 1. The molecule has 1 N–H and O–H groups in total. The molecule has 0 spiro atoms. The van der Waals surface area contributed by atoms with Gasteiger partial charge in [-0.25, -0.2) is 0 Å². The Bertz CT molecular complexity index is 483. The van der Waals surface area contributed by atoms with Crippen LogP contribution in [-0.2, 0) is 4.74 Å². The molecular weight excluding hydrogens is 334 g/mol. The van der Waals surface area contributed by atoms with E-state index in [0.29, 0.717) is 6.10 Å². The Morgan fingerprint density at radius 3 is 2.76 bits per heavy atom. The maximum atomic E-state index is 6.18. The van der Waals surface area contributed by atoms with E-state index in [9.17, 15) is 0 Å². The minimum absolute atomic E-state index is 0.0758. The van der Waals surface area contributed by atoms with Crippen LogP contribution < -0.4 is 14.8 Å². The number of nitrogens with one attached hydrogen (secondary N) is 1. The second-order valence-corrected chi connectivity index (χ2v) is 6.48. The lowest BCUT2D eigenvalue weighted by Crippen LogP contribution is -2.33. The lowest BCUT2D eigenvalue weighted by Gasteiger charge is -2.25. The highest BCUT2D eigenvalue weighted by Crippen LogP contribution is 2.40. The average Bonchev–Trinajstić information content (AvgIpc) is 3.01. The monoisotopic (exact) mass is 355 g/mol. The maximum absolute atomic E-state index is 6.18. The Kier molecular flexibility index (Phi) is 5.03. The third-order valence-electron chi connectivity index (χ3n) is 4.13. The third-order valence-corrected chi connectivity index (χ3v) is 4.72. The summed E-state index contributed by atoms with van der Waals surface area (Å²) in [7, 11) is 1.68. The van der Waals surface area contributed by atoms with Crippen LogP contribution >= 0.6 is 15.9 Å². The Morgan fingerprint density at radius 2 is 2.10 bits per heavy atom. The van der Waals surface area contributed by atoms with Gasteiger partial charge in [0, 0.05) is 13.1 Å². The molecule has 3 rings (SSSR count). The number of benzene rings is 1. The van der Waals surface area contributed by atoms with Crippen LogP contribution in [0.25, 0.3) is 0 Å². The molecule has 1 aliphatic heterocycles. The second kappa shape index (κ2) is 6.99. The van der Waals surface area contributed by atoms with Crippen LogP contribution in [0.5, 0.6) is 11.5 Å². The average molecular weight is 356 g/mol. The summed E-state index contributed by atoms with van der Waals surface area (Å²) >= 11 is 3.59. The fourth-order valence-corrected chi connectivity index (χ4v) is 3.65. The van der Waals surface area contributed by atoms with Crippen molar-refractivity contribution in [2.75, 3.05) is 26.8 Å². The van der Waals surface area contributed by atoms with Gasteiger partial charge in [0.15, 0.2) is 11.5 Å². The molecule has 1 aromatic rings. The lowest BCUT2D eigenvalue weighted by molar-refractivity contribution is 0.0274. The zero-order chi connectivity index (χ0) is 14.7. The molecule has 2 fully saturated rings. The van der Waals surface area contributed by atoms with Crippen LogP contribution in [0.3, 0.4) is 0 Å². The summed E-state index contributed by atoms with van der Waals surface area (Å²) < 4.78 is 18.4. The van der Waals surface area contributed by atoms with Gasteiger partial charge in [0.1, 0.15) is 0 Å². The Morgan fingerprint density at radius 1 is 1.29 bits per heavy atom. The molecule has 1 atom stereocenters. The summed E-state index contributed by atoms with van der Waals surface area (Å²) in [4.78, 5) is 0. The number of morpholine rings is 1. The minimum atomic E-state index is 0.0758. The summed E-state index contributed by atoms with van der Waals surface area (Å²) in [5.74, 6) is 1.59. The van der Waals surface area contributed by atoms with Gasteiger partial charge < -0.3 is 19.5 Å². The van der Waals surface area contributed by atoms with Crippen LogP contribution in [0.4, 0.5) is 0 Å². The van der Waals surface area contributed by atoms with Gasteiger partial charge >= 0.3 is 0 Å². The van der Waals surface area contributed by atoms with Gasteiger partial charge in [0.25, 0.3) is 0 Å². The molecule has 1 saturated carbocycles. The van der Waals surface area contributed by atoms with E-state index in [4.69, 9.17) is 14.2 Å². The van der Waals surface area contributed by atoms with Crippen LogP contribution in [0.1, 0.15) is 37.4 Å². The van der Waals surface area contributed by atoms with Gasteiger partial charge in [-0.3, -0.25) is 0 Å². The predicted octanol–water partition coefficient (Wildman–Crippen LogP) is 3.44. The van der Waals surface area contributed by atoms with Gasteiger partial charge in [0.05, 0.1) is 30.4 Å². The number of halogens is 1. The van der Waals surface area contributed by atoms with E-state index in [0.717, 1.165) is 54.1 Å². The molecule has 1 unspecified atom stereocenters. The summed E-state index contributed by atoms with van der Waals surface area (Å²) in [6.07, 6.45) is 5.16. The molecule has 0 amide bonds. The molecule has 1 heterocycles. The van der Waals surface area contributed by atoms with Crippen molar-refractivity contribution in [1.29, 1.82) is 0 Å². The summed E-state index contributed by atoms with van der Waals surface area (Å²) in [6.45, 7) is 2.49. The first-order valence-electron chi connectivity index (χ1n) is 7.64. The van der Waals surface area contributed by atoms with E-state index in [-0.39, 0.29) is 6.10 Å². The number of hydrogen-bond acceptors (Lipinski definition) is 4. The molecule has 5 heteroatoms. The lowest BCUT2D eigenvalue weighted by atomic mass is 10.1. The molecule has 0 aromatic heterocycles. The summed E-state index contributed by atoms with van der Waals surface area (Å²) in [5.41, 5.74) is 1.13. The molecular formula is C16H22BrNO3. The fourth-order valence-electron chi connectivity index (χ4n) is 3.02. The fraction of sp³-hybridized carbons (Fsp3) is 0.625. The molecule has 4 nitrogen and oxygen atoms in total. The van der Waals surface area contributed by atoms with E-state index in [1.807, 2.05) is 0 Å². The molecule has 0 bridgehead atoms. The Hall–Kier alpha value is -0.780. The molecule has 1 saturated heterocycles. The van der Waals surface area contributed by atoms with Crippen LogP contribution in [0, 0.1) is 0 Å². The standard InChI is InChI=1S/C16H22BrNO3/c1-19-16-13(17)8-11(15-10-18-6-7-20-15)9-14(16)21-12-4-2-3-5-12/h8-9,12,15,18H,2-7,10H2,1H3. The first-order valence-corrected chi connectivity index (χ1v) is 8.43. The first-order chi connectivity index (χ1) is 10.3. The van der Waals surface area contributed by atoms with Crippen molar-refractivity contribution in [1.82, 2.24) is 5.32 Å². The van der Waals surface area contributed by atoms with Crippen LogP contribution in [-0.4, -0.2) is 32.9 Å². The molecule has 2 aliphatic rings. The second-order valence-electron chi connectivity index (χ2n) is 5.62. The SMILES string of the molecule is COc1c(Br)cc(C2CNCCO2)cc1OC1CCCC1. The Labute approximate surface area is 134 Å². The van der Waals surface area contributed by atoms with Crippen molar-refractivity contribution in [2.45, 2.75) is 37.9 Å². The van der Waals surface area contributed by atoms with E-state index in [1.165, 1.54) is 12.8 Å². The van der Waals surface area contributed by atoms with Crippen molar-refractivity contribution in [3.63, 3.8) is 0 Å². The number of ether oxygens (including phenoxy) is 3. The zero-order valence-corrected chi connectivity index (χ0v) is 13.9. The molecule has 1 aromatic carbocycles. The third kappa shape index (κ3) is 3.52. The minimum Gasteiger partial charge on any atom is -0.492 e. The topological polar surface area (TPSA) is 39.7 Å². The van der Waals surface area contributed by atoms with E-state index in [1.54, 1.807) is 7.11 Å². The normalized spacial score (nSPS) is 23.2. The van der Waals surface area contributed by atoms with Crippen molar-refractivity contribution in [3.8, 4) is 11.5 Å². The van der Waals surface area contributed by atoms with Gasteiger partial charge in [-0.1, -0.05) is 0 Å². The highest BCUT2D eigenvalue weighted by molar-refractivity contribution is 9.10. The van der Waals surface area contributed by atoms with Crippen molar-refractivity contribution in [2.24, 2.45) is 0 Å². The van der Waals surface area contributed by atoms with E-state index < -0.39 is 0 Å². The highest BCUT2D eigenvalue weighted by atomic mass is 79.9. The van der Waals surface area contributed by atoms with E-state index >= 15 is 0 Å². The van der Waals surface area contributed by atoms with Gasteiger partial charge in [-0.05, 0) is 59.3 Å². The zero-order valence-electron chi connectivity index (χ0n) is 12.4. The van der Waals surface area contributed by atoms with Crippen molar-refractivity contribution in [3.05, 3.63) is 22.2 Å². The predicted molar refractivity (Wildman–Crippen MR) is 85.1 cm³/mol. The summed E-state index contributed by atoms with van der Waals surface area (Å²) in [6, 6.07) is 4.14. The molecule has 21 heavy (non-hydrogen) atoms. The maximum Gasteiger partial charge on any atom is 0.174 e. The van der Waals surface area contributed by atoms with Crippen LogP contribution in [0.15, 0.2) is 16.6 Å². The molecule has 0 radical (unpaired) electrons. The van der Waals surface area contributed by atoms with E-state index in [2.05, 4.69) is 33.4 Å². The Balaban J connectivity index is 1.85. The molecule has 1 aliphatic carbocycles. The quantitative estimate of drug-likeness (QED) is 0.897. The number of methoxy groups -OCH3 is 1. The van der Waals surface area contributed by atoms with Crippen molar-refractivity contribution >= 4 is 15.9 Å².